The lowest BCUT2D eigenvalue weighted by Gasteiger charge is -2.18. The van der Waals surface area contributed by atoms with Crippen molar-refractivity contribution in [3.05, 3.63) is 16.7 Å². The summed E-state index contributed by atoms with van der Waals surface area (Å²) in [5.41, 5.74) is 17.1. The Hall–Kier alpha value is -3.51. The minimum atomic E-state index is -1.47. The summed E-state index contributed by atoms with van der Waals surface area (Å²) in [6.45, 7) is -0.546. The van der Waals surface area contributed by atoms with E-state index in [1.54, 1.807) is 0 Å². The first kappa shape index (κ1) is 20.4. The summed E-state index contributed by atoms with van der Waals surface area (Å²) < 4.78 is 8.76. The Balaban J connectivity index is 1.72. The number of aliphatic hydroxyl groups is 3. The largest absolute Gasteiger partial charge is 0.394 e. The molecule has 9 N–H and O–H groups in total. The molecular formula is C15H17N11O5S. The van der Waals surface area contributed by atoms with Gasteiger partial charge in [0.15, 0.2) is 23.0 Å². The molecule has 0 amide bonds. The second kappa shape index (κ2) is 7.00. The van der Waals surface area contributed by atoms with E-state index in [4.69, 9.17) is 21.9 Å². The fourth-order valence-electron chi connectivity index (χ4n) is 3.64. The van der Waals surface area contributed by atoms with Crippen molar-refractivity contribution in [2.45, 2.75) is 29.6 Å². The first-order valence-corrected chi connectivity index (χ1v) is 9.56. The Bertz CT molecular complexity index is 1430. The number of aliphatic hydroxyl groups excluding tert-OH is 3. The second-order valence-electron chi connectivity index (χ2n) is 6.99. The topological polar surface area (TPSA) is 244 Å². The number of ether oxygens (including phenoxy) is 1. The van der Waals surface area contributed by atoms with E-state index in [-0.39, 0.29) is 45.2 Å². The number of aromatic nitrogens is 8. The lowest BCUT2D eigenvalue weighted by Crippen LogP contribution is -2.33. The quantitative estimate of drug-likeness (QED) is 0.116. The Morgan fingerprint density at radius 1 is 1.03 bits per heavy atom. The maximum Gasteiger partial charge on any atom is 0.302 e. The molecule has 168 valence electrons. The molecule has 0 spiro atoms. The van der Waals surface area contributed by atoms with Crippen LogP contribution >= 0.6 is 12.6 Å². The van der Waals surface area contributed by atoms with Crippen molar-refractivity contribution in [1.29, 1.82) is 0 Å². The van der Waals surface area contributed by atoms with Crippen molar-refractivity contribution < 1.29 is 20.1 Å². The zero-order valence-electron chi connectivity index (χ0n) is 16.0. The summed E-state index contributed by atoms with van der Waals surface area (Å²) in [6, 6.07) is 0. The van der Waals surface area contributed by atoms with Gasteiger partial charge in [-0.2, -0.15) is 14.6 Å². The summed E-state index contributed by atoms with van der Waals surface area (Å²) in [5.74, 6) is -0.619. The van der Waals surface area contributed by atoms with Crippen LogP contribution in [0.1, 0.15) is 6.23 Å². The molecular weight excluding hydrogens is 446 g/mol. The molecule has 5 heterocycles. The van der Waals surface area contributed by atoms with E-state index in [0.717, 1.165) is 9.24 Å². The molecule has 1 fully saturated rings. The fraction of sp³-hybridized carbons (Fsp3) is 0.333. The third-order valence-corrected chi connectivity index (χ3v) is 5.42. The highest BCUT2D eigenvalue weighted by Crippen LogP contribution is 2.33. The number of nitrogen functional groups attached to an aromatic ring is 3. The van der Waals surface area contributed by atoms with Crippen molar-refractivity contribution in [3.8, 4) is 0 Å². The smallest absolute Gasteiger partial charge is 0.302 e. The molecule has 0 aromatic carbocycles. The van der Waals surface area contributed by atoms with Gasteiger partial charge in [0.2, 0.25) is 17.8 Å². The third kappa shape index (κ3) is 2.72. The highest BCUT2D eigenvalue weighted by Gasteiger charge is 2.45. The van der Waals surface area contributed by atoms with Crippen LogP contribution in [0.25, 0.3) is 22.3 Å². The van der Waals surface area contributed by atoms with Crippen LogP contribution in [-0.2, 0) is 4.74 Å². The van der Waals surface area contributed by atoms with Gasteiger partial charge in [-0.15, -0.1) is 12.6 Å². The maximum absolute atomic E-state index is 13.3. The number of rotatable bonds is 3. The van der Waals surface area contributed by atoms with Gasteiger partial charge in [0.25, 0.3) is 0 Å². The number of hydrogen-bond acceptors (Lipinski definition) is 14. The summed E-state index contributed by atoms with van der Waals surface area (Å²) in [5, 5.41) is 29.9. The number of imidazole rings is 2. The molecule has 17 heteroatoms. The van der Waals surface area contributed by atoms with Gasteiger partial charge in [-0.3, -0.25) is 9.36 Å². The van der Waals surface area contributed by atoms with E-state index in [2.05, 4.69) is 37.5 Å². The second-order valence-corrected chi connectivity index (χ2v) is 7.42. The van der Waals surface area contributed by atoms with E-state index in [1.165, 1.54) is 11.0 Å². The highest BCUT2D eigenvalue weighted by molar-refractivity contribution is 7.80. The SMILES string of the molecule is Nc1nc(S)c2ncn(-n3c(N)nc4c(nc(N)n4[C@@H]4O[C@H](CO)C(O)C4O)c3=O)c2n1. The van der Waals surface area contributed by atoms with Gasteiger partial charge >= 0.3 is 5.56 Å². The number of hydrogen-bond donors (Lipinski definition) is 7. The average Bonchev–Trinajstić information content (AvgIpc) is 3.37. The Morgan fingerprint density at radius 3 is 2.47 bits per heavy atom. The van der Waals surface area contributed by atoms with Gasteiger partial charge in [0, 0.05) is 0 Å². The van der Waals surface area contributed by atoms with E-state index in [1.807, 2.05) is 0 Å². The molecule has 32 heavy (non-hydrogen) atoms. The maximum atomic E-state index is 13.3. The molecule has 0 saturated carbocycles. The van der Waals surface area contributed by atoms with Gasteiger partial charge in [0.1, 0.15) is 35.2 Å². The normalized spacial score (nSPS) is 23.5. The molecule has 4 aromatic heterocycles. The van der Waals surface area contributed by atoms with Crippen molar-refractivity contribution >= 4 is 52.8 Å². The monoisotopic (exact) mass is 463 g/mol. The van der Waals surface area contributed by atoms with Crippen LogP contribution in [0.15, 0.2) is 16.1 Å². The minimum absolute atomic E-state index is 0.0930. The number of thiol groups is 1. The molecule has 0 bridgehead atoms. The standard InChI is InChI=1S/C15H17N11O5S/c16-13-21-8-4(10(32)23-13)19-2-24(8)26-11(30)5-9(22-15(26)18)25(14(17)20-5)12-7(29)6(28)3(1-27)31-12/h2-3,6-7,12,27-29H,1H2,(H2,17,20)(H2,18,22)(H3,16,21,23,32)/t3-,6?,7?,12-/m1/s1. The van der Waals surface area contributed by atoms with Crippen LogP contribution in [0.4, 0.5) is 17.8 Å². The molecule has 4 aromatic rings. The van der Waals surface area contributed by atoms with Gasteiger partial charge in [-0.05, 0) is 0 Å². The summed E-state index contributed by atoms with van der Waals surface area (Å²) >= 11 is 4.20. The van der Waals surface area contributed by atoms with Gasteiger partial charge in [-0.1, -0.05) is 0 Å². The van der Waals surface area contributed by atoms with Gasteiger partial charge < -0.3 is 37.3 Å². The van der Waals surface area contributed by atoms with E-state index >= 15 is 0 Å². The zero-order valence-corrected chi connectivity index (χ0v) is 16.9. The van der Waals surface area contributed by atoms with Gasteiger partial charge in [0.05, 0.1) is 6.61 Å². The van der Waals surface area contributed by atoms with Crippen LogP contribution in [0.2, 0.25) is 0 Å². The Labute approximate surface area is 182 Å². The van der Waals surface area contributed by atoms with Crippen LogP contribution in [-0.4, -0.2) is 79.1 Å². The van der Waals surface area contributed by atoms with Crippen molar-refractivity contribution in [2.24, 2.45) is 0 Å². The Kier molecular flexibility index (Phi) is 4.46. The highest BCUT2D eigenvalue weighted by atomic mass is 32.1. The molecule has 16 nitrogen and oxygen atoms in total. The lowest BCUT2D eigenvalue weighted by molar-refractivity contribution is -0.0500. The molecule has 1 saturated heterocycles. The molecule has 1 aliphatic heterocycles. The predicted octanol–water partition coefficient (Wildman–Crippen LogP) is -3.31. The molecule has 0 aliphatic carbocycles. The third-order valence-electron chi connectivity index (χ3n) is 5.11. The molecule has 1 aliphatic rings. The van der Waals surface area contributed by atoms with E-state index in [9.17, 15) is 20.1 Å². The lowest BCUT2D eigenvalue weighted by atomic mass is 10.1. The number of nitrogens with two attached hydrogens (primary N) is 3. The predicted molar refractivity (Wildman–Crippen MR) is 111 cm³/mol. The summed E-state index contributed by atoms with van der Waals surface area (Å²) in [4.78, 5) is 33.6. The van der Waals surface area contributed by atoms with E-state index in [0.29, 0.717) is 0 Å². The zero-order chi connectivity index (χ0) is 22.9. The first-order chi connectivity index (χ1) is 15.2. The molecule has 5 rings (SSSR count). The summed E-state index contributed by atoms with van der Waals surface area (Å²) in [6.07, 6.45) is -3.93. The Morgan fingerprint density at radius 2 is 1.78 bits per heavy atom. The van der Waals surface area contributed by atoms with Gasteiger partial charge in [-0.25, -0.2) is 19.6 Å². The minimum Gasteiger partial charge on any atom is -0.394 e. The number of anilines is 3. The summed E-state index contributed by atoms with van der Waals surface area (Å²) in [7, 11) is 0. The number of fused-ring (bicyclic) bond motifs is 2. The number of nitrogens with zero attached hydrogens (tertiary/aromatic N) is 8. The van der Waals surface area contributed by atoms with E-state index < -0.39 is 36.7 Å². The molecule has 0 radical (unpaired) electrons. The average molecular weight is 463 g/mol. The fourth-order valence-corrected chi connectivity index (χ4v) is 3.90. The molecule has 2 unspecified atom stereocenters. The molecule has 4 atom stereocenters. The van der Waals surface area contributed by atoms with Crippen LogP contribution in [0, 0.1) is 0 Å². The van der Waals surface area contributed by atoms with Crippen molar-refractivity contribution in [3.63, 3.8) is 0 Å². The van der Waals surface area contributed by atoms with Crippen molar-refractivity contribution in [2.75, 3.05) is 23.8 Å². The van der Waals surface area contributed by atoms with Crippen molar-refractivity contribution in [1.82, 2.24) is 38.8 Å². The van der Waals surface area contributed by atoms with Crippen LogP contribution in [0.3, 0.4) is 0 Å². The van der Waals surface area contributed by atoms with Crippen LogP contribution in [0.5, 0.6) is 0 Å². The first-order valence-electron chi connectivity index (χ1n) is 9.11. The van der Waals surface area contributed by atoms with Crippen LogP contribution < -0.4 is 22.8 Å².